The zero-order valence-corrected chi connectivity index (χ0v) is 87.0. The highest BCUT2D eigenvalue weighted by atomic mass is 35.5. The van der Waals surface area contributed by atoms with Crippen molar-refractivity contribution in [1.82, 2.24) is 113 Å². The van der Waals surface area contributed by atoms with Crippen LogP contribution >= 0.6 is 11.6 Å². The van der Waals surface area contributed by atoms with Crippen LogP contribution in [0.2, 0.25) is 5.02 Å². The minimum atomic E-state index is -0.320. The number of hydrogen-bond acceptors (Lipinski definition) is 35. The molecule has 0 radical (unpaired) electrons. The van der Waals surface area contributed by atoms with Crippen LogP contribution < -0.4 is 81.1 Å². The zero-order chi connectivity index (χ0) is 106. The van der Waals surface area contributed by atoms with Crippen molar-refractivity contribution in [3.05, 3.63) is 227 Å². The van der Waals surface area contributed by atoms with Crippen LogP contribution in [0.1, 0.15) is 0 Å². The summed E-state index contributed by atoms with van der Waals surface area (Å²) in [7, 11) is 36.1. The van der Waals surface area contributed by atoms with Gasteiger partial charge in [-0.2, -0.15) is 20.1 Å². The molecule has 0 saturated carbocycles. The number of nitrogens with one attached hydrogen (secondary N) is 9. The van der Waals surface area contributed by atoms with Crippen LogP contribution in [-0.2, 0) is 40.3 Å². The fourth-order valence-corrected chi connectivity index (χ4v) is 15.4. The molecule has 0 fully saturated rings. The van der Waals surface area contributed by atoms with Gasteiger partial charge in [0, 0.05) is 212 Å². The quantitative estimate of drug-likeness (QED) is 0.0161. The molecule has 4 amide bonds. The molecule has 0 atom stereocenters. The van der Waals surface area contributed by atoms with Crippen LogP contribution in [0.25, 0.3) is 89.4 Å². The molecule has 0 aliphatic heterocycles. The van der Waals surface area contributed by atoms with Crippen molar-refractivity contribution in [2.24, 2.45) is 21.1 Å². The standard InChI is InChI=1S/C28H32ClN7O2.C26H31N9O2.C25H30N10O2.C25H29N9O2/c1-7-26(37)31-21-15-22(25(38-6)16-24(21)36(5)13-12-34(2)3)32-28-30-17-20(29)27(33-28)19-8-9-23-18(14-19)10-11-35(23)4;1-7-23(36)30-19-13-20(22(37-6)14-21(19)34(4)11-10-33(2)3)31-26-29-16-28-24(32-26)18-12-17-8-9-35(5)25(17)27-15-18;1-7-22(36)30-18-11-19(21(37-6)12-20(18)34(4)9-8-33(2)3)31-25-28-15-27-23(32-25)16-10-17-14-29-35(5)24(17)26-13-16;1-6-22(35)30-18-12-19(21(36-5)13-20(18)34(4)10-9-33(2)3)31-25-29-15-28-24(32-25)17-11-16-7-8-26-23(16)27-14-17/h7-11,14-17H,1,12-13H2,2-6H3,(H,31,37)(H,30,32,33);7-9,12-16H,1,10-11H2,2-6H3,(H,30,36)(H,28,29,31,32);7,10-15H,1,8-9H2,2-6H3,(H,30,36)(H,27,28,31,32);6-8,11-15H,1,9-10H2,2-5H3,(H,26,27)(H,30,35)(H,28,29,31,32). The highest BCUT2D eigenvalue weighted by Gasteiger charge is 2.25. The van der Waals surface area contributed by atoms with E-state index in [-0.39, 0.29) is 23.6 Å². The van der Waals surface area contributed by atoms with Crippen molar-refractivity contribution in [1.29, 1.82) is 0 Å². The van der Waals surface area contributed by atoms with E-state index in [1.165, 1.54) is 43.3 Å². The first-order valence-corrected chi connectivity index (χ1v) is 46.9. The van der Waals surface area contributed by atoms with Gasteiger partial charge in [-0.25, -0.2) is 54.8 Å². The van der Waals surface area contributed by atoms with Crippen LogP contribution in [0.3, 0.4) is 0 Å². The molecule has 11 heterocycles. The Morgan fingerprint density at radius 1 is 0.358 bits per heavy atom. The maximum absolute atomic E-state index is 12.2. The Balaban J connectivity index is 0.000000165. The number of aromatic nitrogens is 19. The topological polar surface area (TPSA) is 451 Å². The van der Waals surface area contributed by atoms with Crippen LogP contribution in [0, 0.1) is 0 Å². The van der Waals surface area contributed by atoms with Gasteiger partial charge in [-0.1, -0.05) is 44.0 Å². The number of carbonyl (C=O) groups excluding carboxylic acids is 4. The summed E-state index contributed by atoms with van der Waals surface area (Å²) in [6, 6.07) is 32.6. The van der Waals surface area contributed by atoms with Crippen LogP contribution in [0.4, 0.5) is 92.0 Å². The van der Waals surface area contributed by atoms with E-state index in [9.17, 15) is 19.2 Å². The average molecular weight is 2030 g/mol. The number of ether oxygens (including phenoxy) is 4. The van der Waals surface area contributed by atoms with Gasteiger partial charge in [0.1, 0.15) is 53.3 Å². The molecule has 0 aliphatic rings. The Kier molecular flexibility index (Phi) is 36.4. The number of halogens is 1. The lowest BCUT2D eigenvalue weighted by Gasteiger charge is -2.26. The van der Waals surface area contributed by atoms with Crippen molar-refractivity contribution >= 4 is 171 Å². The average Bonchev–Trinajstić information content (AvgIpc) is 1.20. The number of amides is 4. The maximum atomic E-state index is 12.2. The van der Waals surface area contributed by atoms with E-state index in [0.717, 1.165) is 141 Å². The summed E-state index contributed by atoms with van der Waals surface area (Å²) in [4.78, 5) is 130. The number of anilines is 16. The van der Waals surface area contributed by atoms with Crippen LogP contribution in [0.15, 0.2) is 222 Å². The Morgan fingerprint density at radius 2 is 0.709 bits per heavy atom. The lowest BCUT2D eigenvalue weighted by atomic mass is 10.1. The number of pyridine rings is 3. The number of H-pyrrole nitrogens is 1. The number of aryl methyl sites for hydroxylation is 3. The SMILES string of the molecule is C=CC(=O)Nc1cc(Nc2ncc(Cl)c(-c3ccc4c(ccn4C)c3)n2)c(OC)cc1N(C)CCN(C)C.C=CC(=O)Nc1cc(Nc2ncnc(-c3cnc4[nH]ccc4c3)n2)c(OC)cc1N(C)CCN(C)C.C=CC(=O)Nc1cc(Nc2ncnc(-c3cnc4c(ccn4C)c3)n2)c(OC)cc1N(C)CCN(C)C.C=CC(=O)Nc1cc(Nc2ncnc(-c3cnc4c(cnn4C)c3)n2)c(OC)cc1N(C)CCN(C)C. The molecule has 16 aromatic rings. The summed E-state index contributed by atoms with van der Waals surface area (Å²) < 4.78 is 28.4. The predicted molar refractivity (Wildman–Crippen MR) is 588 cm³/mol. The third-order valence-corrected chi connectivity index (χ3v) is 23.6. The van der Waals surface area contributed by atoms with Crippen molar-refractivity contribution in [3.63, 3.8) is 0 Å². The number of methoxy groups -OCH3 is 4. The summed E-state index contributed by atoms with van der Waals surface area (Å²) in [5.41, 5.74) is 15.2. The van der Waals surface area contributed by atoms with Crippen molar-refractivity contribution < 1.29 is 38.1 Å². The van der Waals surface area contributed by atoms with Gasteiger partial charge in [0.05, 0.1) is 120 Å². The van der Waals surface area contributed by atoms with Gasteiger partial charge in [-0.15, -0.1) is 0 Å². The molecule has 44 heteroatoms. The second-order valence-electron chi connectivity index (χ2n) is 35.0. The van der Waals surface area contributed by atoms with Gasteiger partial charge in [0.25, 0.3) is 0 Å². The number of rotatable bonds is 40. The first kappa shape index (κ1) is 108. The van der Waals surface area contributed by atoms with Gasteiger partial charge in [0.15, 0.2) is 23.1 Å². The molecular formula is C104H122ClN35O8. The predicted octanol–water partition coefficient (Wildman–Crippen LogP) is 14.4. The Bertz CT molecular complexity index is 7250. The minimum Gasteiger partial charge on any atom is -0.494 e. The largest absolute Gasteiger partial charge is 0.494 e. The molecule has 0 bridgehead atoms. The summed E-state index contributed by atoms with van der Waals surface area (Å²) in [6.07, 6.45) is 23.5. The van der Waals surface area contributed by atoms with E-state index >= 15 is 0 Å². The van der Waals surface area contributed by atoms with Gasteiger partial charge < -0.3 is 115 Å². The fourth-order valence-electron chi connectivity index (χ4n) is 15.2. The first-order valence-electron chi connectivity index (χ1n) is 46.6. The van der Waals surface area contributed by atoms with E-state index in [0.29, 0.717) is 120 Å². The molecule has 9 N–H and O–H groups in total. The molecule has 0 unspecified atom stereocenters. The minimum absolute atomic E-state index is 0.310. The van der Waals surface area contributed by atoms with Crippen molar-refractivity contribution in [3.8, 4) is 68.4 Å². The second kappa shape index (κ2) is 50.0. The molecule has 0 saturated heterocycles. The summed E-state index contributed by atoms with van der Waals surface area (Å²) in [6.45, 7) is 20.6. The molecule has 16 rings (SSSR count). The van der Waals surface area contributed by atoms with E-state index in [4.69, 9.17) is 35.5 Å². The second-order valence-corrected chi connectivity index (χ2v) is 35.5. The summed E-state index contributed by atoms with van der Waals surface area (Å²) in [5.74, 6) is 3.70. The number of fused-ring (bicyclic) bond motifs is 4. The number of likely N-dealkylation sites (N-methyl/N-ethyl adjacent to an activating group) is 8. The number of carbonyl (C=O) groups is 4. The zero-order valence-electron chi connectivity index (χ0n) is 86.2. The van der Waals surface area contributed by atoms with Gasteiger partial charge in [-0.05, 0) is 153 Å². The number of aromatic amines is 1. The number of benzene rings is 5. The highest BCUT2D eigenvalue weighted by Crippen LogP contribution is 2.44. The van der Waals surface area contributed by atoms with Gasteiger partial charge in [0.2, 0.25) is 47.4 Å². The van der Waals surface area contributed by atoms with Crippen molar-refractivity contribution in [2.75, 3.05) is 228 Å². The smallest absolute Gasteiger partial charge is 0.247 e. The van der Waals surface area contributed by atoms with E-state index in [1.807, 2.05) is 207 Å². The van der Waals surface area contributed by atoms with E-state index in [1.54, 1.807) is 88.4 Å². The summed E-state index contributed by atoms with van der Waals surface area (Å²) in [5, 5.41) is 33.0. The maximum Gasteiger partial charge on any atom is 0.247 e. The van der Waals surface area contributed by atoms with Gasteiger partial charge in [-0.3, -0.25) is 23.9 Å². The number of nitrogens with zero attached hydrogens (tertiary/aromatic N) is 26. The lowest BCUT2D eigenvalue weighted by Crippen LogP contribution is -2.29. The number of hydrogen-bond donors (Lipinski definition) is 9. The monoisotopic (exact) mass is 2020 g/mol. The highest BCUT2D eigenvalue weighted by molar-refractivity contribution is 6.33. The van der Waals surface area contributed by atoms with Crippen molar-refractivity contribution in [2.45, 2.75) is 0 Å². The fraction of sp³-hybridized carbons (Fsp3) is 0.260. The molecule has 0 aliphatic carbocycles. The molecule has 11 aromatic heterocycles. The molecule has 43 nitrogen and oxygen atoms in total. The third kappa shape index (κ3) is 27.6. The first-order chi connectivity index (χ1) is 71.1. The Hall–Kier alpha value is -17.7. The molecule has 148 heavy (non-hydrogen) atoms. The van der Waals surface area contributed by atoms with E-state index in [2.05, 4.69) is 189 Å². The molecular weight excluding hydrogens is 1900 g/mol. The Labute approximate surface area is 862 Å². The lowest BCUT2D eigenvalue weighted by molar-refractivity contribution is -0.112. The van der Waals surface area contributed by atoms with Crippen LogP contribution in [-0.4, -0.2) is 302 Å². The molecule has 5 aromatic carbocycles. The van der Waals surface area contributed by atoms with E-state index < -0.39 is 0 Å². The normalized spacial score (nSPS) is 11.0. The third-order valence-electron chi connectivity index (χ3n) is 23.3. The molecule has 768 valence electrons. The Morgan fingerprint density at radius 3 is 1.09 bits per heavy atom. The van der Waals surface area contributed by atoms with Gasteiger partial charge >= 0.3 is 0 Å². The summed E-state index contributed by atoms with van der Waals surface area (Å²) >= 11 is 6.51. The molecule has 0 spiro atoms. The van der Waals surface area contributed by atoms with Crippen LogP contribution in [0.5, 0.6) is 23.0 Å².